The van der Waals surface area contributed by atoms with Gasteiger partial charge in [-0.05, 0) is 37.2 Å². The first-order chi connectivity index (χ1) is 11.0. The molecule has 2 aliphatic heterocycles. The summed E-state index contributed by atoms with van der Waals surface area (Å²) >= 11 is 0. The van der Waals surface area contributed by atoms with Crippen LogP contribution in [0.5, 0.6) is 0 Å². The molecule has 2 heterocycles. The number of fused-ring (bicyclic) bond motifs is 1. The van der Waals surface area contributed by atoms with Gasteiger partial charge in [0, 0.05) is 31.2 Å². The molecule has 9 heteroatoms. The molecular weight excluding hydrogens is 354 g/mol. The van der Waals surface area contributed by atoms with E-state index in [1.165, 1.54) is 13.1 Å². The van der Waals surface area contributed by atoms with E-state index in [0.29, 0.717) is 32.6 Å². The summed E-state index contributed by atoms with van der Waals surface area (Å²) in [7, 11) is -2.07. The zero-order valence-corrected chi connectivity index (χ0v) is 15.1. The Hall–Kier alpha value is -1.19. The van der Waals surface area contributed by atoms with Crippen LogP contribution < -0.4 is 14.9 Å². The Morgan fingerprint density at radius 2 is 2.25 bits per heavy atom. The van der Waals surface area contributed by atoms with E-state index in [-0.39, 0.29) is 29.3 Å². The molecule has 0 aliphatic carbocycles. The molecule has 0 radical (unpaired) electrons. The number of nitrogens with zero attached hydrogens (tertiary/aromatic N) is 1. The second-order valence-corrected chi connectivity index (χ2v) is 7.61. The molecule has 1 atom stereocenters. The van der Waals surface area contributed by atoms with Gasteiger partial charge in [-0.2, -0.15) is 0 Å². The first kappa shape index (κ1) is 19.1. The van der Waals surface area contributed by atoms with Gasteiger partial charge in [0.25, 0.3) is 0 Å². The number of ether oxygens (including phenoxy) is 1. The standard InChI is InChI=1S/C15H21N3O4S.ClH/c1-16-23(20,21)13-2-3-14-11(8-13)4-6-18(14)15(19)9-12-10-22-7-5-17-12;/h2-3,8,12,16-17H,4-7,9-10H2,1H3;1H. The Morgan fingerprint density at radius 3 is 2.92 bits per heavy atom. The van der Waals surface area contributed by atoms with E-state index in [9.17, 15) is 13.2 Å². The highest BCUT2D eigenvalue weighted by Gasteiger charge is 2.28. The number of nitrogens with one attached hydrogen (secondary N) is 2. The van der Waals surface area contributed by atoms with E-state index < -0.39 is 10.0 Å². The minimum absolute atomic E-state index is 0. The smallest absolute Gasteiger partial charge is 0.240 e. The first-order valence-electron chi connectivity index (χ1n) is 7.69. The normalized spacial score (nSPS) is 20.4. The lowest BCUT2D eigenvalue weighted by molar-refractivity contribution is -0.119. The third-order valence-corrected chi connectivity index (χ3v) is 5.66. The molecule has 0 bridgehead atoms. The Kier molecular flexibility index (Phi) is 6.22. The zero-order valence-electron chi connectivity index (χ0n) is 13.4. The monoisotopic (exact) mass is 375 g/mol. The summed E-state index contributed by atoms with van der Waals surface area (Å²) in [5, 5.41) is 3.27. The number of rotatable bonds is 4. The van der Waals surface area contributed by atoms with Crippen LogP contribution in [0.25, 0.3) is 0 Å². The molecule has 134 valence electrons. The lowest BCUT2D eigenvalue weighted by Gasteiger charge is -2.26. The van der Waals surface area contributed by atoms with Crippen LogP contribution in [0.2, 0.25) is 0 Å². The lowest BCUT2D eigenvalue weighted by Crippen LogP contribution is -2.45. The fraction of sp³-hybridized carbons (Fsp3) is 0.533. The average Bonchev–Trinajstić information content (AvgIpc) is 2.99. The summed E-state index contributed by atoms with van der Waals surface area (Å²) in [6.45, 7) is 2.58. The number of carbonyl (C=O) groups is 1. The van der Waals surface area contributed by atoms with Crippen LogP contribution in [-0.4, -0.2) is 53.7 Å². The topological polar surface area (TPSA) is 87.7 Å². The van der Waals surface area contributed by atoms with Crippen molar-refractivity contribution < 1.29 is 17.9 Å². The molecule has 1 aromatic carbocycles. The third kappa shape index (κ3) is 3.89. The van der Waals surface area contributed by atoms with Crippen molar-refractivity contribution in [3.05, 3.63) is 23.8 Å². The predicted molar refractivity (Wildman–Crippen MR) is 93.2 cm³/mol. The number of anilines is 1. The van der Waals surface area contributed by atoms with Gasteiger partial charge >= 0.3 is 0 Å². The molecule has 2 aliphatic rings. The van der Waals surface area contributed by atoms with Gasteiger partial charge in [-0.15, -0.1) is 12.4 Å². The van der Waals surface area contributed by atoms with Crippen molar-refractivity contribution in [2.75, 3.05) is 38.3 Å². The SMILES string of the molecule is CNS(=O)(=O)c1ccc2c(c1)CCN2C(=O)CC1COCCN1.Cl. The van der Waals surface area contributed by atoms with Crippen LogP contribution in [0.3, 0.4) is 0 Å². The van der Waals surface area contributed by atoms with Crippen LogP contribution in [-0.2, 0) is 26.0 Å². The summed E-state index contributed by atoms with van der Waals surface area (Å²) in [4.78, 5) is 14.5. The highest BCUT2D eigenvalue weighted by molar-refractivity contribution is 7.89. The molecule has 1 saturated heterocycles. The van der Waals surface area contributed by atoms with Crippen LogP contribution in [0, 0.1) is 0 Å². The summed E-state index contributed by atoms with van der Waals surface area (Å²) in [5.74, 6) is 0.0379. The van der Waals surface area contributed by atoms with Gasteiger partial charge in [-0.3, -0.25) is 4.79 Å². The van der Waals surface area contributed by atoms with Gasteiger partial charge in [0.05, 0.1) is 18.1 Å². The van der Waals surface area contributed by atoms with Crippen molar-refractivity contribution in [3.8, 4) is 0 Å². The molecule has 1 fully saturated rings. The molecule has 7 nitrogen and oxygen atoms in total. The predicted octanol–water partition coefficient (Wildman–Crippen LogP) is 0.284. The molecule has 1 aromatic rings. The summed E-state index contributed by atoms with van der Waals surface area (Å²) in [6.07, 6.45) is 1.05. The van der Waals surface area contributed by atoms with Gasteiger partial charge in [0.1, 0.15) is 0 Å². The molecule has 2 N–H and O–H groups in total. The van der Waals surface area contributed by atoms with Crippen LogP contribution in [0.4, 0.5) is 5.69 Å². The summed E-state index contributed by atoms with van der Waals surface area (Å²) < 4.78 is 31.4. The van der Waals surface area contributed by atoms with E-state index in [1.54, 1.807) is 17.0 Å². The Bertz CT molecular complexity index is 705. The fourth-order valence-corrected chi connectivity index (χ4v) is 3.77. The Balaban J connectivity index is 0.00000208. The van der Waals surface area contributed by atoms with Gasteiger partial charge in [0.15, 0.2) is 0 Å². The molecule has 0 aromatic heterocycles. The largest absolute Gasteiger partial charge is 0.378 e. The lowest BCUT2D eigenvalue weighted by atomic mass is 10.1. The molecule has 3 rings (SSSR count). The van der Waals surface area contributed by atoms with E-state index in [2.05, 4.69) is 10.0 Å². The summed E-state index contributed by atoms with van der Waals surface area (Å²) in [5.41, 5.74) is 1.70. The molecule has 0 spiro atoms. The van der Waals surface area contributed by atoms with Gasteiger partial charge in [0.2, 0.25) is 15.9 Å². The second kappa shape index (κ2) is 7.79. The van der Waals surface area contributed by atoms with Crippen molar-refractivity contribution >= 4 is 34.0 Å². The number of hydrogen-bond donors (Lipinski definition) is 2. The highest BCUT2D eigenvalue weighted by atomic mass is 35.5. The molecule has 1 unspecified atom stereocenters. The van der Waals surface area contributed by atoms with Crippen molar-refractivity contribution in [2.45, 2.75) is 23.8 Å². The van der Waals surface area contributed by atoms with E-state index >= 15 is 0 Å². The molecular formula is C15H22ClN3O4S. The van der Waals surface area contributed by atoms with Crippen molar-refractivity contribution in [1.82, 2.24) is 10.0 Å². The number of sulfonamides is 1. The maximum absolute atomic E-state index is 12.5. The number of carbonyl (C=O) groups excluding carboxylic acids is 1. The first-order valence-corrected chi connectivity index (χ1v) is 9.17. The minimum Gasteiger partial charge on any atom is -0.378 e. The van der Waals surface area contributed by atoms with Gasteiger partial charge in [-0.25, -0.2) is 13.1 Å². The number of hydrogen-bond acceptors (Lipinski definition) is 5. The van der Waals surface area contributed by atoms with Crippen LogP contribution in [0.15, 0.2) is 23.1 Å². The average molecular weight is 376 g/mol. The molecule has 1 amide bonds. The second-order valence-electron chi connectivity index (χ2n) is 5.72. The number of amides is 1. The molecule has 24 heavy (non-hydrogen) atoms. The zero-order chi connectivity index (χ0) is 16.4. The van der Waals surface area contributed by atoms with Crippen molar-refractivity contribution in [2.24, 2.45) is 0 Å². The maximum atomic E-state index is 12.5. The quantitative estimate of drug-likeness (QED) is 0.789. The van der Waals surface area contributed by atoms with E-state index in [1.807, 2.05) is 0 Å². The number of benzene rings is 1. The fourth-order valence-electron chi connectivity index (χ4n) is 2.99. The summed E-state index contributed by atoms with van der Waals surface area (Å²) in [6, 6.07) is 4.95. The van der Waals surface area contributed by atoms with Crippen LogP contribution >= 0.6 is 12.4 Å². The number of halogens is 1. The third-order valence-electron chi connectivity index (χ3n) is 4.25. The minimum atomic E-state index is -3.46. The number of morpholine rings is 1. The van der Waals surface area contributed by atoms with Gasteiger partial charge in [-0.1, -0.05) is 0 Å². The Labute approximate surface area is 148 Å². The van der Waals surface area contributed by atoms with Crippen molar-refractivity contribution in [3.63, 3.8) is 0 Å². The molecule has 0 saturated carbocycles. The van der Waals surface area contributed by atoms with Crippen LogP contribution in [0.1, 0.15) is 12.0 Å². The van der Waals surface area contributed by atoms with E-state index in [4.69, 9.17) is 4.74 Å². The maximum Gasteiger partial charge on any atom is 0.240 e. The Morgan fingerprint density at radius 1 is 1.46 bits per heavy atom. The van der Waals surface area contributed by atoms with Gasteiger partial charge < -0.3 is 15.0 Å². The van der Waals surface area contributed by atoms with E-state index in [0.717, 1.165) is 17.8 Å². The van der Waals surface area contributed by atoms with Crippen molar-refractivity contribution in [1.29, 1.82) is 0 Å². The highest BCUT2D eigenvalue weighted by Crippen LogP contribution is 2.30.